The van der Waals surface area contributed by atoms with Gasteiger partial charge in [-0.25, -0.2) is 0 Å². The summed E-state index contributed by atoms with van der Waals surface area (Å²) in [5, 5.41) is 18.5. The van der Waals surface area contributed by atoms with Crippen molar-refractivity contribution in [3.8, 4) is 17.0 Å². The summed E-state index contributed by atoms with van der Waals surface area (Å²) in [6.45, 7) is 0. The van der Waals surface area contributed by atoms with Gasteiger partial charge in [0.25, 0.3) is 5.91 Å². The Hall–Kier alpha value is -3.72. The third kappa shape index (κ3) is 4.45. The third-order valence-corrected chi connectivity index (χ3v) is 11.7. The molecule has 0 atom stereocenters. The number of para-hydroxylation sites is 1. The summed E-state index contributed by atoms with van der Waals surface area (Å²) in [7, 11) is 0.886. The predicted octanol–water partition coefficient (Wildman–Crippen LogP) is 3.39. The second-order valence-electron chi connectivity index (χ2n) is 10.3. The molecular weight excluding hydrogens is 505 g/mol. The summed E-state index contributed by atoms with van der Waals surface area (Å²) in [6.07, 6.45) is 5.76. The number of methoxy groups -OCH3 is 1. The topological polar surface area (TPSA) is 154 Å². The van der Waals surface area contributed by atoms with E-state index in [-0.39, 0.29) is 40.3 Å². The molecule has 0 aliphatic heterocycles. The van der Waals surface area contributed by atoms with Crippen molar-refractivity contribution in [1.82, 2.24) is 20.0 Å². The Labute approximate surface area is 219 Å². The van der Waals surface area contributed by atoms with E-state index in [0.29, 0.717) is 22.7 Å². The minimum absolute atomic E-state index is 0.0146. The number of rotatable bonds is 10. The smallest absolute Gasteiger partial charge is 0.271 e. The molecule has 0 saturated heterocycles. The van der Waals surface area contributed by atoms with Gasteiger partial charge in [0.05, 0.1) is 29.6 Å². The van der Waals surface area contributed by atoms with Crippen LogP contribution in [-0.2, 0) is 16.4 Å². The molecular formula is C26H30N7O4P. The van der Waals surface area contributed by atoms with Crippen LogP contribution in [-0.4, -0.2) is 50.2 Å². The number of amides is 2. The molecule has 0 radical (unpaired) electrons. The average Bonchev–Trinajstić information content (AvgIpc) is 3.76. The lowest BCUT2D eigenvalue weighted by atomic mass is 10.1. The van der Waals surface area contributed by atoms with Gasteiger partial charge in [-0.05, 0) is 56.7 Å². The first-order valence-corrected chi connectivity index (χ1v) is 14.7. The van der Waals surface area contributed by atoms with Crippen molar-refractivity contribution in [1.29, 1.82) is 0 Å². The molecule has 0 unspecified atom stereocenters. The van der Waals surface area contributed by atoms with Crippen LogP contribution >= 0.6 is 7.14 Å². The Balaban J connectivity index is 1.35. The number of carbonyl (C=O) groups is 2. The predicted molar refractivity (Wildman–Crippen MR) is 144 cm³/mol. The Morgan fingerprint density at radius 3 is 2.37 bits per heavy atom. The lowest BCUT2D eigenvalue weighted by Gasteiger charge is -2.17. The lowest BCUT2D eigenvalue weighted by Crippen LogP contribution is -2.20. The SMILES string of the molecule is COc1c(Nc2cc(NC(=O)C3CC3)nnc2C(N)=O)cccc1-c1cc(P(=O)(C2CC2)C2CC2)n(C)n1. The number of hydrogen-bond acceptors (Lipinski definition) is 8. The van der Waals surface area contributed by atoms with Crippen molar-refractivity contribution in [3.63, 3.8) is 0 Å². The van der Waals surface area contributed by atoms with Crippen LogP contribution < -0.4 is 26.5 Å². The van der Waals surface area contributed by atoms with Gasteiger partial charge in [-0.1, -0.05) is 6.07 Å². The molecule has 3 fully saturated rings. The summed E-state index contributed by atoms with van der Waals surface area (Å²) < 4.78 is 21.7. The summed E-state index contributed by atoms with van der Waals surface area (Å²) >= 11 is 0. The van der Waals surface area contributed by atoms with E-state index in [0.717, 1.165) is 44.0 Å². The van der Waals surface area contributed by atoms with Crippen LogP contribution in [0.25, 0.3) is 11.3 Å². The molecule has 2 heterocycles. The number of hydrogen-bond donors (Lipinski definition) is 3. The maximum atomic E-state index is 14.1. The maximum absolute atomic E-state index is 14.1. The van der Waals surface area contributed by atoms with E-state index in [1.807, 2.05) is 25.2 Å². The van der Waals surface area contributed by atoms with Crippen molar-refractivity contribution < 1.29 is 18.9 Å². The molecule has 6 rings (SSSR count). The second-order valence-corrected chi connectivity index (χ2v) is 13.7. The quantitative estimate of drug-likeness (QED) is 0.334. The zero-order chi connectivity index (χ0) is 26.6. The molecule has 2 amide bonds. The summed E-state index contributed by atoms with van der Waals surface area (Å²) in [5.41, 5.74) is 9.03. The van der Waals surface area contributed by atoms with Gasteiger partial charge >= 0.3 is 0 Å². The molecule has 38 heavy (non-hydrogen) atoms. The molecule has 4 N–H and O–H groups in total. The van der Waals surface area contributed by atoms with E-state index < -0.39 is 13.0 Å². The Bertz CT molecular complexity index is 1470. The molecule has 1 aromatic carbocycles. The molecule has 0 bridgehead atoms. The lowest BCUT2D eigenvalue weighted by molar-refractivity contribution is -0.117. The van der Waals surface area contributed by atoms with Crippen LogP contribution in [0.15, 0.2) is 30.3 Å². The number of anilines is 3. The summed E-state index contributed by atoms with van der Waals surface area (Å²) in [5.74, 6) is -0.202. The van der Waals surface area contributed by atoms with E-state index in [1.54, 1.807) is 17.9 Å². The highest BCUT2D eigenvalue weighted by molar-refractivity contribution is 7.73. The third-order valence-electron chi connectivity index (χ3n) is 7.38. The fourth-order valence-electron chi connectivity index (χ4n) is 5.01. The van der Waals surface area contributed by atoms with Crippen LogP contribution in [0.1, 0.15) is 49.0 Å². The zero-order valence-electron chi connectivity index (χ0n) is 21.3. The van der Waals surface area contributed by atoms with E-state index >= 15 is 0 Å². The first-order chi connectivity index (χ1) is 18.3. The number of nitrogens with zero attached hydrogens (tertiary/aromatic N) is 4. The van der Waals surface area contributed by atoms with Gasteiger partial charge in [-0.3, -0.25) is 14.3 Å². The second kappa shape index (κ2) is 9.23. The van der Waals surface area contributed by atoms with Crippen molar-refractivity contribution in [2.75, 3.05) is 17.7 Å². The van der Waals surface area contributed by atoms with Gasteiger partial charge < -0.3 is 25.7 Å². The van der Waals surface area contributed by atoms with E-state index in [1.165, 1.54) is 6.07 Å². The van der Waals surface area contributed by atoms with Crippen molar-refractivity contribution in [2.24, 2.45) is 18.7 Å². The molecule has 3 aliphatic carbocycles. The number of benzene rings is 1. The molecule has 3 aliphatic rings. The fraction of sp³-hybridized carbons (Fsp3) is 0.423. The molecule has 12 heteroatoms. The van der Waals surface area contributed by atoms with Gasteiger partial charge in [0.2, 0.25) is 5.91 Å². The van der Waals surface area contributed by atoms with Gasteiger partial charge in [-0.15, -0.1) is 10.2 Å². The first kappa shape index (κ1) is 24.6. The van der Waals surface area contributed by atoms with Gasteiger partial charge in [-0.2, -0.15) is 5.10 Å². The van der Waals surface area contributed by atoms with E-state index in [9.17, 15) is 14.2 Å². The minimum Gasteiger partial charge on any atom is -0.494 e. The Morgan fingerprint density at radius 1 is 1.05 bits per heavy atom. The summed E-state index contributed by atoms with van der Waals surface area (Å²) in [6, 6.07) is 8.98. The standard InChI is InChI=1S/C26H30N7O4P/c1-33-22(38(36,15-8-9-15)16-10-11-16)13-19(32-33)17-4-3-5-18(24(17)37-2)28-20-12-21(29-26(35)14-6-7-14)30-31-23(20)25(27)34/h3-5,12-16H,6-11H2,1-2H3,(H2,27,34)(H2,28,29,30,35). The first-order valence-electron chi connectivity index (χ1n) is 12.9. The van der Waals surface area contributed by atoms with Gasteiger partial charge in [0.1, 0.15) is 7.14 Å². The van der Waals surface area contributed by atoms with Crippen molar-refractivity contribution in [3.05, 3.63) is 36.0 Å². The van der Waals surface area contributed by atoms with Crippen molar-refractivity contribution in [2.45, 2.75) is 49.8 Å². The van der Waals surface area contributed by atoms with Gasteiger partial charge in [0.15, 0.2) is 17.3 Å². The molecule has 198 valence electrons. The zero-order valence-corrected chi connectivity index (χ0v) is 22.2. The van der Waals surface area contributed by atoms with Crippen LogP contribution in [0.3, 0.4) is 0 Å². The number of nitrogens with two attached hydrogens (primary N) is 1. The highest BCUT2D eigenvalue weighted by atomic mass is 31.2. The minimum atomic E-state index is -2.52. The highest BCUT2D eigenvalue weighted by Crippen LogP contribution is 2.69. The van der Waals surface area contributed by atoms with Gasteiger partial charge in [0, 0.05) is 35.9 Å². The fourth-order valence-corrected chi connectivity index (χ4v) is 9.01. The van der Waals surface area contributed by atoms with Crippen LogP contribution in [0, 0.1) is 5.92 Å². The number of carbonyl (C=O) groups excluding carboxylic acids is 2. The molecule has 11 nitrogen and oxygen atoms in total. The van der Waals surface area contributed by atoms with Crippen LogP contribution in [0.4, 0.5) is 17.2 Å². The van der Waals surface area contributed by atoms with E-state index in [2.05, 4.69) is 20.8 Å². The number of nitrogens with one attached hydrogen (secondary N) is 2. The summed E-state index contributed by atoms with van der Waals surface area (Å²) in [4.78, 5) is 24.3. The number of aromatic nitrogens is 4. The number of ether oxygens (including phenoxy) is 1. The van der Waals surface area contributed by atoms with Crippen LogP contribution in [0.5, 0.6) is 5.75 Å². The molecule has 3 saturated carbocycles. The number of primary amides is 1. The molecule has 0 spiro atoms. The Kier molecular flexibility index (Phi) is 5.98. The number of aryl methyl sites for hydroxylation is 1. The normalized spacial score (nSPS) is 17.2. The highest BCUT2D eigenvalue weighted by Gasteiger charge is 2.53. The van der Waals surface area contributed by atoms with E-state index in [4.69, 9.17) is 15.6 Å². The monoisotopic (exact) mass is 535 g/mol. The van der Waals surface area contributed by atoms with Crippen LogP contribution in [0.2, 0.25) is 0 Å². The largest absolute Gasteiger partial charge is 0.494 e. The molecule has 2 aromatic heterocycles. The van der Waals surface area contributed by atoms with Crippen molar-refractivity contribution >= 4 is 41.6 Å². The maximum Gasteiger partial charge on any atom is 0.271 e. The average molecular weight is 536 g/mol. The molecule has 3 aromatic rings. The Morgan fingerprint density at radius 2 is 1.76 bits per heavy atom.